The van der Waals surface area contributed by atoms with Crippen LogP contribution in [0, 0.1) is 0 Å². The van der Waals surface area contributed by atoms with E-state index in [0.717, 1.165) is 11.3 Å². The lowest BCUT2D eigenvalue weighted by Gasteiger charge is -2.23. The zero-order valence-corrected chi connectivity index (χ0v) is 13.4. The summed E-state index contributed by atoms with van der Waals surface area (Å²) in [6, 6.07) is 20.3. The van der Waals surface area contributed by atoms with Gasteiger partial charge >= 0.3 is 5.97 Å². The predicted molar refractivity (Wildman–Crippen MR) is 93.3 cm³/mol. The topological polar surface area (TPSA) is 75.4 Å². The second-order valence-corrected chi connectivity index (χ2v) is 5.48. The number of carbonyl (C=O) groups is 2. The monoisotopic (exact) mass is 335 g/mol. The summed E-state index contributed by atoms with van der Waals surface area (Å²) in [4.78, 5) is 25.7. The van der Waals surface area contributed by atoms with Crippen molar-refractivity contribution in [3.05, 3.63) is 84.2 Å². The summed E-state index contributed by atoms with van der Waals surface area (Å²) in [5, 5.41) is 13.1. The number of aromatic carboxylic acids is 1. The van der Waals surface area contributed by atoms with Crippen molar-refractivity contribution in [2.75, 3.05) is 4.90 Å². The summed E-state index contributed by atoms with van der Waals surface area (Å²) in [5.41, 5.74) is 1.72. The minimum Gasteiger partial charge on any atom is -0.477 e. The Morgan fingerprint density at radius 1 is 0.960 bits per heavy atom. The molecule has 0 atom stereocenters. The molecule has 25 heavy (non-hydrogen) atoms. The van der Waals surface area contributed by atoms with Crippen molar-refractivity contribution in [3.8, 4) is 0 Å². The molecule has 0 saturated carbocycles. The van der Waals surface area contributed by atoms with Gasteiger partial charge in [0.05, 0.1) is 6.54 Å². The van der Waals surface area contributed by atoms with Gasteiger partial charge in [-0.2, -0.15) is 5.10 Å². The van der Waals surface area contributed by atoms with E-state index < -0.39 is 5.97 Å². The second-order valence-electron chi connectivity index (χ2n) is 5.48. The van der Waals surface area contributed by atoms with E-state index in [2.05, 4.69) is 5.10 Å². The van der Waals surface area contributed by atoms with Gasteiger partial charge < -0.3 is 10.0 Å². The van der Waals surface area contributed by atoms with Crippen LogP contribution in [0.2, 0.25) is 0 Å². The van der Waals surface area contributed by atoms with Gasteiger partial charge in [0, 0.05) is 11.9 Å². The summed E-state index contributed by atoms with van der Waals surface area (Å²) in [6.45, 7) is 0.254. The van der Waals surface area contributed by atoms with Gasteiger partial charge in [0.25, 0.3) is 0 Å². The molecule has 0 bridgehead atoms. The maximum absolute atomic E-state index is 12.9. The van der Waals surface area contributed by atoms with Crippen LogP contribution in [0.1, 0.15) is 16.1 Å². The molecule has 0 fully saturated rings. The molecule has 0 saturated heterocycles. The maximum atomic E-state index is 12.9. The number of carboxylic acid groups (broad SMARTS) is 1. The lowest BCUT2D eigenvalue weighted by atomic mass is 10.2. The highest BCUT2D eigenvalue weighted by Gasteiger charge is 2.19. The molecule has 1 N–H and O–H groups in total. The SMILES string of the molecule is O=C(O)c1ccnn1CC(=O)N(Cc1ccccc1)c1ccccc1. The molecule has 1 amide bonds. The standard InChI is InChI=1S/C19H17N3O3/c23-18(14-22-17(19(24)25)11-12-20-22)21(16-9-5-2-6-10-16)13-15-7-3-1-4-8-15/h1-12H,13-14H2,(H,24,25). The van der Waals surface area contributed by atoms with E-state index in [1.165, 1.54) is 16.9 Å². The van der Waals surface area contributed by atoms with Crippen molar-refractivity contribution >= 4 is 17.6 Å². The molecule has 0 radical (unpaired) electrons. The number of aromatic nitrogens is 2. The largest absolute Gasteiger partial charge is 0.477 e. The van der Waals surface area contributed by atoms with Crippen LogP contribution >= 0.6 is 0 Å². The van der Waals surface area contributed by atoms with Crippen LogP contribution in [0.3, 0.4) is 0 Å². The zero-order chi connectivity index (χ0) is 17.6. The van der Waals surface area contributed by atoms with Gasteiger partial charge in [0.2, 0.25) is 5.91 Å². The highest BCUT2D eigenvalue weighted by molar-refractivity contribution is 5.94. The van der Waals surface area contributed by atoms with Gasteiger partial charge in [-0.25, -0.2) is 9.48 Å². The first-order chi connectivity index (χ1) is 12.1. The van der Waals surface area contributed by atoms with Gasteiger partial charge in [-0.05, 0) is 23.8 Å². The van der Waals surface area contributed by atoms with Crippen LogP contribution < -0.4 is 4.90 Å². The molecule has 0 aliphatic rings. The number of carbonyl (C=O) groups excluding carboxylic acids is 1. The minimum absolute atomic E-state index is 0.0129. The molecule has 3 aromatic rings. The Kier molecular flexibility index (Phi) is 4.89. The average Bonchev–Trinajstić information content (AvgIpc) is 3.09. The molecule has 0 unspecified atom stereocenters. The van der Waals surface area contributed by atoms with E-state index in [4.69, 9.17) is 0 Å². The minimum atomic E-state index is -1.11. The molecule has 0 aliphatic carbocycles. The molecule has 3 rings (SSSR count). The summed E-state index contributed by atoms with van der Waals surface area (Å²) in [7, 11) is 0. The fourth-order valence-electron chi connectivity index (χ4n) is 2.55. The first kappa shape index (κ1) is 16.4. The third-order valence-corrected chi connectivity index (χ3v) is 3.77. The Labute approximate surface area is 144 Å². The van der Waals surface area contributed by atoms with Gasteiger partial charge in [0.15, 0.2) is 0 Å². The van der Waals surface area contributed by atoms with Crippen LogP contribution in [0.15, 0.2) is 72.9 Å². The summed E-state index contributed by atoms with van der Waals surface area (Å²) < 4.78 is 1.20. The molecule has 1 heterocycles. The van der Waals surface area contributed by atoms with Gasteiger partial charge in [0.1, 0.15) is 12.2 Å². The van der Waals surface area contributed by atoms with Gasteiger partial charge in [-0.15, -0.1) is 0 Å². The third kappa shape index (κ3) is 3.92. The first-order valence-electron chi connectivity index (χ1n) is 7.79. The normalized spacial score (nSPS) is 10.4. The number of rotatable bonds is 6. The van der Waals surface area contributed by atoms with Crippen LogP contribution in [0.25, 0.3) is 0 Å². The van der Waals surface area contributed by atoms with E-state index in [-0.39, 0.29) is 18.1 Å². The van der Waals surface area contributed by atoms with Crippen molar-refractivity contribution in [2.45, 2.75) is 13.1 Å². The molecular formula is C19H17N3O3. The van der Waals surface area contributed by atoms with Crippen molar-refractivity contribution in [2.24, 2.45) is 0 Å². The molecule has 6 nitrogen and oxygen atoms in total. The van der Waals surface area contributed by atoms with Crippen LogP contribution in [-0.2, 0) is 17.9 Å². The molecule has 2 aromatic carbocycles. The number of nitrogens with zero attached hydrogens (tertiary/aromatic N) is 3. The number of carboxylic acids is 1. The van der Waals surface area contributed by atoms with Crippen molar-refractivity contribution in [1.29, 1.82) is 0 Å². The Morgan fingerprint density at radius 3 is 2.24 bits per heavy atom. The van der Waals surface area contributed by atoms with E-state index in [1.807, 2.05) is 60.7 Å². The van der Waals surface area contributed by atoms with Crippen molar-refractivity contribution in [1.82, 2.24) is 9.78 Å². The lowest BCUT2D eigenvalue weighted by Crippen LogP contribution is -2.34. The molecule has 6 heteroatoms. The van der Waals surface area contributed by atoms with Crippen LogP contribution in [-0.4, -0.2) is 26.8 Å². The predicted octanol–water partition coefficient (Wildman–Crippen LogP) is 2.81. The number of hydrogen-bond acceptors (Lipinski definition) is 3. The summed E-state index contributed by atoms with van der Waals surface area (Å²) in [5.74, 6) is -1.35. The van der Waals surface area contributed by atoms with Crippen molar-refractivity contribution in [3.63, 3.8) is 0 Å². The first-order valence-corrected chi connectivity index (χ1v) is 7.79. The Balaban J connectivity index is 1.87. The molecule has 126 valence electrons. The zero-order valence-electron chi connectivity index (χ0n) is 13.4. The van der Waals surface area contributed by atoms with Crippen LogP contribution in [0.4, 0.5) is 5.69 Å². The Hall–Kier alpha value is -3.41. The third-order valence-electron chi connectivity index (χ3n) is 3.77. The van der Waals surface area contributed by atoms with E-state index in [9.17, 15) is 14.7 Å². The highest BCUT2D eigenvalue weighted by atomic mass is 16.4. The van der Waals surface area contributed by atoms with E-state index in [0.29, 0.717) is 6.54 Å². The quantitative estimate of drug-likeness (QED) is 0.751. The number of para-hydroxylation sites is 1. The Bertz CT molecular complexity index is 860. The Morgan fingerprint density at radius 2 is 1.60 bits per heavy atom. The highest BCUT2D eigenvalue weighted by Crippen LogP contribution is 2.18. The number of anilines is 1. The number of amides is 1. The van der Waals surface area contributed by atoms with Gasteiger partial charge in [-0.3, -0.25) is 4.79 Å². The summed E-state index contributed by atoms with van der Waals surface area (Å²) >= 11 is 0. The van der Waals surface area contributed by atoms with Crippen LogP contribution in [0.5, 0.6) is 0 Å². The van der Waals surface area contributed by atoms with E-state index in [1.54, 1.807) is 4.90 Å². The fraction of sp³-hybridized carbons (Fsp3) is 0.105. The fourth-order valence-corrected chi connectivity index (χ4v) is 2.55. The van der Waals surface area contributed by atoms with Gasteiger partial charge in [-0.1, -0.05) is 48.5 Å². The van der Waals surface area contributed by atoms with E-state index >= 15 is 0 Å². The lowest BCUT2D eigenvalue weighted by molar-refractivity contribution is -0.119. The van der Waals surface area contributed by atoms with Crippen molar-refractivity contribution < 1.29 is 14.7 Å². The summed E-state index contributed by atoms with van der Waals surface area (Å²) in [6.07, 6.45) is 1.38. The smallest absolute Gasteiger partial charge is 0.354 e. The molecule has 0 spiro atoms. The second kappa shape index (κ2) is 7.44. The maximum Gasteiger partial charge on any atom is 0.354 e. The molecular weight excluding hydrogens is 318 g/mol. The number of benzene rings is 2. The molecule has 0 aliphatic heterocycles. The molecule has 1 aromatic heterocycles. The average molecular weight is 335 g/mol. The number of hydrogen-bond donors (Lipinski definition) is 1.